The van der Waals surface area contributed by atoms with Crippen LogP contribution >= 0.6 is 15.9 Å². The van der Waals surface area contributed by atoms with Gasteiger partial charge in [-0.2, -0.15) is 10.5 Å². The van der Waals surface area contributed by atoms with E-state index in [9.17, 15) is 24.9 Å². The van der Waals surface area contributed by atoms with Crippen molar-refractivity contribution in [3.63, 3.8) is 0 Å². The molecule has 3 aliphatic heterocycles. The van der Waals surface area contributed by atoms with E-state index >= 15 is 0 Å². The van der Waals surface area contributed by atoms with Crippen molar-refractivity contribution in [1.82, 2.24) is 4.90 Å². The number of rotatable bonds is 4. The molecule has 9 nitrogen and oxygen atoms in total. The van der Waals surface area contributed by atoms with Crippen LogP contribution in [-0.2, 0) is 35.8 Å². The molecular formula is C29H21BrN4O5. The summed E-state index contributed by atoms with van der Waals surface area (Å²) in [6.07, 6.45) is 6.26. The highest BCUT2D eigenvalue weighted by Gasteiger charge is 2.74. The lowest BCUT2D eigenvalue weighted by atomic mass is 9.52. The number of benzene rings is 2. The van der Waals surface area contributed by atoms with Crippen LogP contribution in [0, 0.1) is 28.1 Å². The second-order valence-corrected chi connectivity index (χ2v) is 10.0. The summed E-state index contributed by atoms with van der Waals surface area (Å²) in [6, 6.07) is 17.3. The van der Waals surface area contributed by atoms with Crippen molar-refractivity contribution in [3.8, 4) is 12.1 Å². The zero-order valence-corrected chi connectivity index (χ0v) is 22.5. The molecule has 2 aromatic rings. The number of halogens is 1. The van der Waals surface area contributed by atoms with Crippen molar-refractivity contribution < 1.29 is 23.9 Å². The normalized spacial score (nSPS) is 22.2. The highest BCUT2D eigenvalue weighted by atomic mass is 79.9. The van der Waals surface area contributed by atoms with Crippen molar-refractivity contribution in [3.05, 3.63) is 99.8 Å². The number of carbonyl (C=O) groups is 3. The van der Waals surface area contributed by atoms with Gasteiger partial charge in [-0.05, 0) is 29.3 Å². The maximum Gasteiger partial charge on any atom is 0.355 e. The van der Waals surface area contributed by atoms with E-state index in [-0.39, 0.29) is 17.8 Å². The Hall–Kier alpha value is -4.67. The summed E-state index contributed by atoms with van der Waals surface area (Å²) in [5.74, 6) is -2.65. The number of hydrogen-bond acceptors (Lipinski definition) is 8. The third-order valence-electron chi connectivity index (χ3n) is 7.38. The summed E-state index contributed by atoms with van der Waals surface area (Å²) in [4.78, 5) is 44.7. The van der Waals surface area contributed by atoms with Crippen LogP contribution in [0.25, 0.3) is 0 Å². The predicted molar refractivity (Wildman–Crippen MR) is 142 cm³/mol. The third kappa shape index (κ3) is 3.38. The number of ether oxygens (including phenoxy) is 2. The lowest BCUT2D eigenvalue weighted by Crippen LogP contribution is -2.66. The van der Waals surface area contributed by atoms with Crippen LogP contribution in [0.3, 0.4) is 0 Å². The molecule has 0 bridgehead atoms. The van der Waals surface area contributed by atoms with E-state index < -0.39 is 40.3 Å². The van der Waals surface area contributed by atoms with E-state index in [0.717, 1.165) is 19.8 Å². The second kappa shape index (κ2) is 9.57. The third-order valence-corrected chi connectivity index (χ3v) is 7.87. The number of fused-ring (bicyclic) bond motifs is 3. The minimum atomic E-state index is -2.23. The molecule has 2 aromatic carbocycles. The lowest BCUT2D eigenvalue weighted by molar-refractivity contribution is -0.144. The van der Waals surface area contributed by atoms with Crippen LogP contribution in [0.2, 0.25) is 0 Å². The van der Waals surface area contributed by atoms with E-state index in [1.54, 1.807) is 36.4 Å². The van der Waals surface area contributed by atoms with Gasteiger partial charge in [-0.25, -0.2) is 9.59 Å². The number of esters is 2. The van der Waals surface area contributed by atoms with Gasteiger partial charge in [0.25, 0.3) is 0 Å². The summed E-state index contributed by atoms with van der Waals surface area (Å²) in [7, 11) is 2.26. The summed E-state index contributed by atoms with van der Waals surface area (Å²) in [6.45, 7) is 0.0872. The van der Waals surface area contributed by atoms with Gasteiger partial charge in [0.1, 0.15) is 11.1 Å². The monoisotopic (exact) mass is 584 g/mol. The standard InChI is InChI=1S/C29H21BrN4O5/c1-38-25(35)23-24(26(36)39-2)33-13-7-6-10-22(33)28(16-31,17-32)29(23)20-12-11-19(30)14-21(20)34(27(29)37)15-18-8-4-3-5-9-18/h3-14,22H,15H2,1-2H3/t22-,29-/m1/s1. The predicted octanol–water partition coefficient (Wildman–Crippen LogP) is 3.64. The number of methoxy groups -OCH3 is 2. The van der Waals surface area contributed by atoms with E-state index in [1.165, 1.54) is 16.0 Å². The number of hydrogen-bond donors (Lipinski definition) is 0. The van der Waals surface area contributed by atoms with Crippen LogP contribution in [0.1, 0.15) is 11.1 Å². The smallest absolute Gasteiger partial charge is 0.355 e. The van der Waals surface area contributed by atoms with Crippen LogP contribution in [0.15, 0.2) is 88.7 Å². The van der Waals surface area contributed by atoms with Gasteiger partial charge in [-0.3, -0.25) is 4.79 Å². The van der Waals surface area contributed by atoms with E-state index in [4.69, 9.17) is 9.47 Å². The fraction of sp³-hybridized carbons (Fsp3) is 0.207. The van der Waals surface area contributed by atoms with Crippen molar-refractivity contribution >= 4 is 39.5 Å². The van der Waals surface area contributed by atoms with Crippen molar-refractivity contribution in [2.24, 2.45) is 5.41 Å². The number of allylic oxidation sites excluding steroid dienone is 2. The van der Waals surface area contributed by atoms with Gasteiger partial charge in [-0.1, -0.05) is 64.5 Å². The summed E-state index contributed by atoms with van der Waals surface area (Å²) in [5, 5.41) is 21.6. The SMILES string of the molecule is COC(=O)C1=C(C(=O)OC)[C@]2(C(=O)N(Cc3ccccc3)c3cc(Br)ccc32)C(C#N)(C#N)[C@H]2C=CC=CN12. The largest absolute Gasteiger partial charge is 0.466 e. The minimum absolute atomic E-state index is 0.0872. The fourth-order valence-electron chi connectivity index (χ4n) is 5.79. The number of nitrogens with zero attached hydrogens (tertiary/aromatic N) is 4. The molecule has 0 unspecified atom stereocenters. The van der Waals surface area contributed by atoms with Crippen LogP contribution < -0.4 is 4.90 Å². The van der Waals surface area contributed by atoms with Gasteiger partial charge >= 0.3 is 11.9 Å². The highest BCUT2D eigenvalue weighted by Crippen LogP contribution is 2.62. The molecule has 0 N–H and O–H groups in total. The van der Waals surface area contributed by atoms with Crippen molar-refractivity contribution in [2.75, 3.05) is 19.1 Å². The topological polar surface area (TPSA) is 124 Å². The highest BCUT2D eigenvalue weighted by molar-refractivity contribution is 9.10. The molecule has 0 radical (unpaired) electrons. The molecular weight excluding hydrogens is 564 g/mol. The maximum atomic E-state index is 14.9. The molecule has 194 valence electrons. The molecule has 3 aliphatic rings. The van der Waals surface area contributed by atoms with E-state index in [2.05, 4.69) is 28.1 Å². The molecule has 0 saturated heterocycles. The molecule has 1 spiro atoms. The molecule has 0 fully saturated rings. The van der Waals surface area contributed by atoms with E-state index in [1.807, 2.05) is 30.3 Å². The van der Waals surface area contributed by atoms with Crippen LogP contribution in [0.5, 0.6) is 0 Å². The van der Waals surface area contributed by atoms with Gasteiger partial charge in [0.15, 0.2) is 5.41 Å². The van der Waals surface area contributed by atoms with Crippen LogP contribution in [-0.4, -0.2) is 43.0 Å². The summed E-state index contributed by atoms with van der Waals surface area (Å²) >= 11 is 3.46. The number of anilines is 1. The molecule has 39 heavy (non-hydrogen) atoms. The first-order chi connectivity index (χ1) is 18.8. The quantitative estimate of drug-likeness (QED) is 0.499. The number of nitriles is 2. The molecule has 1 amide bonds. The number of amides is 1. The van der Waals surface area contributed by atoms with Gasteiger partial charge < -0.3 is 19.3 Å². The fourth-order valence-corrected chi connectivity index (χ4v) is 6.14. The summed E-state index contributed by atoms with van der Waals surface area (Å²) < 4.78 is 10.8. The first-order valence-electron chi connectivity index (χ1n) is 11.9. The first kappa shape index (κ1) is 26.0. The Labute approximate surface area is 232 Å². The zero-order valence-electron chi connectivity index (χ0n) is 20.9. The molecule has 0 aliphatic carbocycles. The van der Waals surface area contributed by atoms with Gasteiger partial charge in [0.2, 0.25) is 5.91 Å². The van der Waals surface area contributed by atoms with Gasteiger partial charge in [0.05, 0.1) is 44.5 Å². The molecule has 0 saturated carbocycles. The molecule has 10 heteroatoms. The van der Waals surface area contributed by atoms with Gasteiger partial charge in [-0.15, -0.1) is 0 Å². The number of carbonyl (C=O) groups excluding carboxylic acids is 3. The molecule has 3 heterocycles. The Morgan fingerprint density at radius 1 is 1.03 bits per heavy atom. The average Bonchev–Trinajstić information content (AvgIpc) is 3.20. The minimum Gasteiger partial charge on any atom is -0.466 e. The zero-order chi connectivity index (χ0) is 27.9. The van der Waals surface area contributed by atoms with E-state index in [0.29, 0.717) is 10.2 Å². The lowest BCUT2D eigenvalue weighted by Gasteiger charge is -2.51. The Morgan fingerprint density at radius 3 is 2.36 bits per heavy atom. The Balaban J connectivity index is 1.96. The Morgan fingerprint density at radius 2 is 1.72 bits per heavy atom. The average molecular weight is 585 g/mol. The van der Waals surface area contributed by atoms with Gasteiger partial charge in [0, 0.05) is 16.4 Å². The second-order valence-electron chi connectivity index (χ2n) is 9.11. The molecule has 0 aromatic heterocycles. The van der Waals surface area contributed by atoms with Crippen molar-refractivity contribution in [1.29, 1.82) is 10.5 Å². The van der Waals surface area contributed by atoms with Crippen LogP contribution in [0.4, 0.5) is 5.69 Å². The molecule has 2 atom stereocenters. The Kier molecular flexibility index (Phi) is 6.37. The molecule has 5 rings (SSSR count). The maximum absolute atomic E-state index is 14.9. The van der Waals surface area contributed by atoms with Crippen molar-refractivity contribution in [2.45, 2.75) is 18.0 Å². The first-order valence-corrected chi connectivity index (χ1v) is 12.6. The Bertz CT molecular complexity index is 1570. The summed E-state index contributed by atoms with van der Waals surface area (Å²) in [5.41, 5.74) is -3.72.